The van der Waals surface area contributed by atoms with Crippen molar-refractivity contribution in [3.8, 4) is 5.75 Å². The summed E-state index contributed by atoms with van der Waals surface area (Å²) in [7, 11) is 3.41. The summed E-state index contributed by atoms with van der Waals surface area (Å²) in [6.07, 6.45) is 0.349. The summed E-state index contributed by atoms with van der Waals surface area (Å²) in [5.74, 6) is 1.23. The summed E-state index contributed by atoms with van der Waals surface area (Å²) in [5.41, 5.74) is 2.91. The van der Waals surface area contributed by atoms with Crippen LogP contribution in [0.3, 0.4) is 0 Å². The van der Waals surface area contributed by atoms with Gasteiger partial charge in [-0.3, -0.25) is 4.79 Å². The fourth-order valence-corrected chi connectivity index (χ4v) is 2.00. The van der Waals surface area contributed by atoms with E-state index in [1.165, 1.54) is 0 Å². The number of hydrogen-bond donors (Lipinski definition) is 0. The van der Waals surface area contributed by atoms with Gasteiger partial charge in [-0.2, -0.15) is 0 Å². The van der Waals surface area contributed by atoms with Gasteiger partial charge >= 0.3 is 0 Å². The highest BCUT2D eigenvalue weighted by Gasteiger charge is 2.13. The zero-order valence-corrected chi connectivity index (χ0v) is 11.5. The van der Waals surface area contributed by atoms with Gasteiger partial charge in [-0.1, -0.05) is 0 Å². The SMILES string of the molecule is COc1c(C)cc(N(C)C(=O)CCCl)cc1C. The lowest BCUT2D eigenvalue weighted by molar-refractivity contribution is -0.117. The van der Waals surface area contributed by atoms with Crippen LogP contribution in [0.25, 0.3) is 0 Å². The third kappa shape index (κ3) is 3.13. The molecule has 4 heteroatoms. The van der Waals surface area contributed by atoms with Crippen molar-refractivity contribution >= 4 is 23.2 Å². The van der Waals surface area contributed by atoms with Crippen LogP contribution in [-0.2, 0) is 4.79 Å². The molecule has 94 valence electrons. The van der Waals surface area contributed by atoms with Gasteiger partial charge in [0.2, 0.25) is 5.91 Å². The van der Waals surface area contributed by atoms with E-state index in [0.717, 1.165) is 22.6 Å². The molecule has 1 aromatic carbocycles. The van der Waals surface area contributed by atoms with E-state index >= 15 is 0 Å². The van der Waals surface area contributed by atoms with Crippen LogP contribution < -0.4 is 9.64 Å². The number of amides is 1. The zero-order chi connectivity index (χ0) is 13.0. The number of carbonyl (C=O) groups excluding carboxylic acids is 1. The molecule has 0 radical (unpaired) electrons. The van der Waals surface area contributed by atoms with Crippen molar-refractivity contribution in [2.75, 3.05) is 24.9 Å². The molecule has 0 aliphatic heterocycles. The van der Waals surface area contributed by atoms with Gasteiger partial charge in [0.25, 0.3) is 0 Å². The van der Waals surface area contributed by atoms with Crippen LogP contribution in [-0.4, -0.2) is 25.9 Å². The molecular weight excluding hydrogens is 238 g/mol. The van der Waals surface area contributed by atoms with Gasteiger partial charge in [-0.05, 0) is 37.1 Å². The summed E-state index contributed by atoms with van der Waals surface area (Å²) in [6.45, 7) is 3.93. The van der Waals surface area contributed by atoms with Crippen LogP contribution in [0.1, 0.15) is 17.5 Å². The molecule has 0 atom stereocenters. The lowest BCUT2D eigenvalue weighted by atomic mass is 10.1. The Hall–Kier alpha value is -1.22. The molecule has 0 bridgehead atoms. The topological polar surface area (TPSA) is 29.5 Å². The molecule has 0 saturated heterocycles. The van der Waals surface area contributed by atoms with Crippen LogP contribution in [0.2, 0.25) is 0 Å². The minimum absolute atomic E-state index is 0.0176. The van der Waals surface area contributed by atoms with Crippen LogP contribution >= 0.6 is 11.6 Å². The summed E-state index contributed by atoms with van der Waals surface area (Å²) >= 11 is 5.57. The summed E-state index contributed by atoms with van der Waals surface area (Å²) < 4.78 is 5.29. The largest absolute Gasteiger partial charge is 0.496 e. The Morgan fingerprint density at radius 2 is 1.88 bits per heavy atom. The Labute approximate surface area is 107 Å². The molecule has 0 aliphatic carbocycles. The third-order valence-corrected chi connectivity index (χ3v) is 2.91. The van der Waals surface area contributed by atoms with E-state index in [0.29, 0.717) is 12.3 Å². The number of hydrogen-bond acceptors (Lipinski definition) is 2. The number of rotatable bonds is 4. The first-order valence-corrected chi connectivity index (χ1v) is 6.02. The van der Waals surface area contributed by atoms with Gasteiger partial charge in [0.1, 0.15) is 5.75 Å². The summed E-state index contributed by atoms with van der Waals surface area (Å²) in [5, 5.41) is 0. The van der Waals surface area contributed by atoms with Crippen molar-refractivity contribution in [3.63, 3.8) is 0 Å². The molecule has 0 spiro atoms. The van der Waals surface area contributed by atoms with Crippen molar-refractivity contribution in [1.29, 1.82) is 0 Å². The standard InChI is InChI=1S/C13H18ClNO2/c1-9-7-11(8-10(2)13(9)17-4)15(3)12(16)5-6-14/h7-8H,5-6H2,1-4H3. The molecule has 1 amide bonds. The fraction of sp³-hybridized carbons (Fsp3) is 0.462. The maximum absolute atomic E-state index is 11.7. The normalized spacial score (nSPS) is 10.2. The molecule has 0 aromatic heterocycles. The van der Waals surface area contributed by atoms with Gasteiger partial charge < -0.3 is 9.64 Å². The number of aryl methyl sites for hydroxylation is 2. The van der Waals surface area contributed by atoms with Crippen molar-refractivity contribution in [2.45, 2.75) is 20.3 Å². The van der Waals surface area contributed by atoms with Gasteiger partial charge in [0.15, 0.2) is 0 Å². The molecular formula is C13H18ClNO2. The average Bonchev–Trinajstić information content (AvgIpc) is 2.27. The van der Waals surface area contributed by atoms with Crippen LogP contribution in [0.5, 0.6) is 5.75 Å². The highest BCUT2D eigenvalue weighted by atomic mass is 35.5. The monoisotopic (exact) mass is 255 g/mol. The lowest BCUT2D eigenvalue weighted by Gasteiger charge is -2.19. The maximum Gasteiger partial charge on any atom is 0.227 e. The van der Waals surface area contributed by atoms with Crippen molar-refractivity contribution < 1.29 is 9.53 Å². The Balaban J connectivity index is 3.04. The van der Waals surface area contributed by atoms with Crippen molar-refractivity contribution in [1.82, 2.24) is 0 Å². The van der Waals surface area contributed by atoms with Crippen molar-refractivity contribution in [2.24, 2.45) is 0 Å². The maximum atomic E-state index is 11.7. The number of halogens is 1. The molecule has 3 nitrogen and oxygen atoms in total. The Morgan fingerprint density at radius 3 is 2.29 bits per heavy atom. The Kier molecular flexibility index (Phi) is 4.82. The van der Waals surface area contributed by atoms with E-state index in [4.69, 9.17) is 16.3 Å². The molecule has 1 aromatic rings. The van der Waals surface area contributed by atoms with E-state index in [2.05, 4.69) is 0 Å². The van der Waals surface area contributed by atoms with Gasteiger partial charge in [-0.25, -0.2) is 0 Å². The van der Waals surface area contributed by atoms with Gasteiger partial charge in [0.05, 0.1) is 7.11 Å². The predicted molar refractivity (Wildman–Crippen MR) is 71.2 cm³/mol. The molecule has 0 N–H and O–H groups in total. The molecule has 0 aliphatic rings. The first kappa shape index (κ1) is 13.8. The first-order valence-electron chi connectivity index (χ1n) is 5.49. The molecule has 0 heterocycles. The minimum atomic E-state index is 0.0176. The average molecular weight is 256 g/mol. The first-order chi connectivity index (χ1) is 8.01. The van der Waals surface area contributed by atoms with E-state index < -0.39 is 0 Å². The Bertz CT molecular complexity index is 395. The number of benzene rings is 1. The lowest BCUT2D eigenvalue weighted by Crippen LogP contribution is -2.26. The number of ether oxygens (including phenoxy) is 1. The molecule has 1 rings (SSSR count). The van der Waals surface area contributed by atoms with Gasteiger partial charge in [0, 0.05) is 25.0 Å². The van der Waals surface area contributed by atoms with E-state index in [1.54, 1.807) is 19.1 Å². The number of carbonyl (C=O) groups is 1. The molecule has 0 fully saturated rings. The van der Waals surface area contributed by atoms with E-state index in [-0.39, 0.29) is 5.91 Å². The predicted octanol–water partition coefficient (Wildman–Crippen LogP) is 2.90. The number of methoxy groups -OCH3 is 1. The highest BCUT2D eigenvalue weighted by Crippen LogP contribution is 2.28. The quantitative estimate of drug-likeness (QED) is 0.775. The van der Waals surface area contributed by atoms with E-state index in [1.807, 2.05) is 26.0 Å². The smallest absolute Gasteiger partial charge is 0.227 e. The fourth-order valence-electron chi connectivity index (χ4n) is 1.84. The molecule has 0 unspecified atom stereocenters. The molecule has 17 heavy (non-hydrogen) atoms. The second-order valence-corrected chi connectivity index (χ2v) is 4.38. The number of anilines is 1. The Morgan fingerprint density at radius 1 is 1.35 bits per heavy atom. The summed E-state index contributed by atoms with van der Waals surface area (Å²) in [6, 6.07) is 3.88. The third-order valence-electron chi connectivity index (χ3n) is 2.72. The van der Waals surface area contributed by atoms with Crippen LogP contribution in [0, 0.1) is 13.8 Å². The molecule has 0 saturated carbocycles. The van der Waals surface area contributed by atoms with Crippen molar-refractivity contribution in [3.05, 3.63) is 23.3 Å². The van der Waals surface area contributed by atoms with E-state index in [9.17, 15) is 4.79 Å². The zero-order valence-electron chi connectivity index (χ0n) is 10.7. The van der Waals surface area contributed by atoms with Gasteiger partial charge in [-0.15, -0.1) is 11.6 Å². The minimum Gasteiger partial charge on any atom is -0.496 e. The van der Waals surface area contributed by atoms with Crippen LogP contribution in [0.15, 0.2) is 12.1 Å². The second kappa shape index (κ2) is 5.92. The van der Waals surface area contributed by atoms with Crippen LogP contribution in [0.4, 0.5) is 5.69 Å². The number of alkyl halides is 1. The summed E-state index contributed by atoms with van der Waals surface area (Å²) in [4.78, 5) is 13.4. The second-order valence-electron chi connectivity index (χ2n) is 4.00. The highest BCUT2D eigenvalue weighted by molar-refractivity contribution is 6.19. The number of nitrogens with zero attached hydrogens (tertiary/aromatic N) is 1.